The lowest BCUT2D eigenvalue weighted by Gasteiger charge is -2.37. The molecular weight excluding hydrogens is 751 g/mol. The highest BCUT2D eigenvalue weighted by Gasteiger charge is 2.51. The monoisotopic (exact) mass is 781 g/mol. The molecule has 1 aliphatic rings. The number of nitrogens with zero attached hydrogens (tertiary/aromatic N) is 3. The molecule has 0 radical (unpaired) electrons. The minimum Gasteiger partial charge on any atom is -0.457 e. The first kappa shape index (κ1) is 28.0. The predicted octanol–water partition coefficient (Wildman–Crippen LogP) is 4.88. The number of amides is 2. The van der Waals surface area contributed by atoms with Crippen LogP contribution in [0.15, 0.2) is 0 Å². The van der Waals surface area contributed by atoms with E-state index in [2.05, 4.69) is 100 Å². The summed E-state index contributed by atoms with van der Waals surface area (Å²) in [6, 6.07) is 0. The Hall–Kier alpha value is -0.220. The molecule has 2 rings (SSSR count). The summed E-state index contributed by atoms with van der Waals surface area (Å²) >= 11 is 6.34. The van der Waals surface area contributed by atoms with Gasteiger partial charge in [0.15, 0.2) is 0 Å². The van der Waals surface area contributed by atoms with Gasteiger partial charge in [-0.15, -0.1) is 0 Å². The molecule has 1 aromatic carbocycles. The van der Waals surface area contributed by atoms with Crippen LogP contribution < -0.4 is 9.80 Å². The van der Waals surface area contributed by atoms with Crippen molar-refractivity contribution in [3.05, 3.63) is 16.3 Å². The highest BCUT2D eigenvalue weighted by Crippen LogP contribution is 2.44. The van der Waals surface area contributed by atoms with Crippen molar-refractivity contribution in [3.8, 4) is 0 Å². The lowest BCUT2D eigenvalue weighted by atomic mass is 9.97. The van der Waals surface area contributed by atoms with Crippen molar-refractivity contribution in [2.45, 2.75) is 65.1 Å². The first-order valence-corrected chi connectivity index (χ1v) is 13.3. The van der Waals surface area contributed by atoms with Crippen molar-refractivity contribution < 1.29 is 19.1 Å². The van der Waals surface area contributed by atoms with Crippen LogP contribution in [0.3, 0.4) is 0 Å². The summed E-state index contributed by atoms with van der Waals surface area (Å²) in [7, 11) is 5.38. The first-order chi connectivity index (χ1) is 14.5. The number of halogens is 3. The van der Waals surface area contributed by atoms with Gasteiger partial charge in [-0.1, -0.05) is 0 Å². The molecule has 1 fully saturated rings. The number of likely N-dealkylation sites (tertiary alicyclic amines) is 1. The normalized spacial score (nSPS) is 19.6. The Bertz CT molecular complexity index is 931. The Labute approximate surface area is 231 Å². The Morgan fingerprint density at radius 1 is 0.906 bits per heavy atom. The van der Waals surface area contributed by atoms with Gasteiger partial charge >= 0.3 is 5.97 Å². The van der Waals surface area contributed by atoms with Gasteiger partial charge in [-0.25, -0.2) is 4.79 Å². The molecule has 1 unspecified atom stereocenters. The van der Waals surface area contributed by atoms with Crippen LogP contribution >= 0.6 is 67.8 Å². The van der Waals surface area contributed by atoms with E-state index in [0.29, 0.717) is 30.5 Å². The van der Waals surface area contributed by atoms with E-state index in [0.717, 1.165) is 3.57 Å². The SMILES string of the molecule is CC(=O)N(C)c1c(I)c(C(=O)OC2CC(C)(C)N(C)C2(C)C)c(I)c(N(C)C(C)=O)c1I. The number of carbonyl (C=O) groups excluding carboxylic acids is 3. The molecule has 2 amide bonds. The second-order valence-electron chi connectivity index (χ2n) is 9.29. The van der Waals surface area contributed by atoms with Crippen molar-refractivity contribution in [2.24, 2.45) is 0 Å². The lowest BCUT2D eigenvalue weighted by Crippen LogP contribution is -2.48. The molecular formula is C22H30I3N3O4. The maximum Gasteiger partial charge on any atom is 0.340 e. The predicted molar refractivity (Wildman–Crippen MR) is 153 cm³/mol. The third-order valence-corrected chi connectivity index (χ3v) is 9.71. The van der Waals surface area contributed by atoms with Gasteiger partial charge < -0.3 is 14.5 Å². The molecule has 32 heavy (non-hydrogen) atoms. The molecule has 0 bridgehead atoms. The molecule has 0 N–H and O–H groups in total. The molecule has 178 valence electrons. The van der Waals surface area contributed by atoms with Gasteiger partial charge in [-0.2, -0.15) is 0 Å². The number of rotatable bonds is 4. The summed E-state index contributed by atoms with van der Waals surface area (Å²) in [5, 5.41) is 0. The fourth-order valence-electron chi connectivity index (χ4n) is 3.93. The zero-order chi connectivity index (χ0) is 24.9. The number of anilines is 2. The molecule has 1 aromatic rings. The summed E-state index contributed by atoms with van der Waals surface area (Å²) in [5.41, 5.74) is 1.12. The molecule has 1 aliphatic heterocycles. The minimum atomic E-state index is -0.448. The molecule has 0 aliphatic carbocycles. The molecule has 1 atom stereocenters. The second-order valence-corrected chi connectivity index (χ2v) is 12.5. The number of benzene rings is 1. The van der Waals surface area contributed by atoms with E-state index >= 15 is 0 Å². The van der Waals surface area contributed by atoms with Gasteiger partial charge in [0.1, 0.15) is 6.10 Å². The van der Waals surface area contributed by atoms with Crippen LogP contribution in [0.1, 0.15) is 58.3 Å². The van der Waals surface area contributed by atoms with E-state index in [-0.39, 0.29) is 29.0 Å². The van der Waals surface area contributed by atoms with Gasteiger partial charge in [-0.3, -0.25) is 14.5 Å². The summed E-state index contributed by atoms with van der Waals surface area (Å²) in [6.45, 7) is 11.4. The lowest BCUT2D eigenvalue weighted by molar-refractivity contribution is -0.117. The van der Waals surface area contributed by atoms with Gasteiger partial charge in [-0.05, 0) is 103 Å². The fourth-order valence-corrected chi connectivity index (χ4v) is 8.99. The Balaban J connectivity index is 2.68. The summed E-state index contributed by atoms with van der Waals surface area (Å²) in [4.78, 5) is 43.3. The van der Waals surface area contributed by atoms with E-state index in [1.807, 2.05) is 7.05 Å². The standard InChI is InChI=1S/C22H30I3N3O4/c1-11(29)26(7)18-15(23)14(16(24)19(17(18)25)27(8)12(2)30)20(31)32-13-10-21(3,4)28(9)22(13,5)6/h13H,10H2,1-9H3. The minimum absolute atomic E-state index is 0.110. The maximum absolute atomic E-state index is 13.6. The van der Waals surface area contributed by atoms with Crippen molar-refractivity contribution >= 4 is 96.9 Å². The number of hydrogen-bond acceptors (Lipinski definition) is 5. The average molecular weight is 781 g/mol. The number of likely N-dealkylation sites (N-methyl/N-ethyl adjacent to an activating group) is 1. The second kappa shape index (κ2) is 9.80. The summed E-state index contributed by atoms with van der Waals surface area (Å²) in [5.74, 6) is -0.785. The van der Waals surface area contributed by atoms with Crippen LogP contribution in [-0.2, 0) is 14.3 Å². The van der Waals surface area contributed by atoms with Crippen LogP contribution in [0.5, 0.6) is 0 Å². The van der Waals surface area contributed by atoms with Gasteiger partial charge in [0.2, 0.25) is 11.8 Å². The molecule has 0 saturated carbocycles. The molecule has 10 heteroatoms. The van der Waals surface area contributed by atoms with Crippen molar-refractivity contribution in [2.75, 3.05) is 30.9 Å². The average Bonchev–Trinajstić information content (AvgIpc) is 2.80. The van der Waals surface area contributed by atoms with Gasteiger partial charge in [0.25, 0.3) is 0 Å². The van der Waals surface area contributed by atoms with Gasteiger partial charge in [0.05, 0.1) is 33.2 Å². The summed E-state index contributed by atoms with van der Waals surface area (Å²) < 4.78 is 8.09. The molecule has 1 saturated heterocycles. The number of ether oxygens (including phenoxy) is 1. The van der Waals surface area contributed by atoms with Crippen LogP contribution in [0.25, 0.3) is 0 Å². The van der Waals surface area contributed by atoms with Crippen molar-refractivity contribution in [1.82, 2.24) is 4.90 Å². The van der Waals surface area contributed by atoms with Crippen LogP contribution in [0.4, 0.5) is 11.4 Å². The van der Waals surface area contributed by atoms with Crippen molar-refractivity contribution in [3.63, 3.8) is 0 Å². The van der Waals surface area contributed by atoms with Crippen LogP contribution in [0, 0.1) is 10.7 Å². The van der Waals surface area contributed by atoms with Crippen molar-refractivity contribution in [1.29, 1.82) is 0 Å². The van der Waals surface area contributed by atoms with E-state index in [1.165, 1.54) is 23.6 Å². The Morgan fingerprint density at radius 2 is 1.31 bits per heavy atom. The Morgan fingerprint density at radius 3 is 1.62 bits per heavy atom. The number of hydrogen-bond donors (Lipinski definition) is 0. The Kier molecular flexibility index (Phi) is 8.58. The molecule has 7 nitrogen and oxygen atoms in total. The maximum atomic E-state index is 13.6. The zero-order valence-corrected chi connectivity index (χ0v) is 26.4. The summed E-state index contributed by atoms with van der Waals surface area (Å²) in [6.07, 6.45) is 0.407. The van der Waals surface area contributed by atoms with Crippen LogP contribution in [0.2, 0.25) is 0 Å². The van der Waals surface area contributed by atoms with Crippen LogP contribution in [-0.4, -0.2) is 61.0 Å². The van der Waals surface area contributed by atoms with E-state index < -0.39 is 5.97 Å². The topological polar surface area (TPSA) is 70.2 Å². The number of esters is 1. The third-order valence-electron chi connectivity index (χ3n) is 6.58. The third kappa shape index (κ3) is 4.92. The van der Waals surface area contributed by atoms with E-state index in [9.17, 15) is 14.4 Å². The van der Waals surface area contributed by atoms with Gasteiger partial charge in [0, 0.05) is 39.9 Å². The highest BCUT2D eigenvalue weighted by atomic mass is 127. The first-order valence-electron chi connectivity index (χ1n) is 10.1. The largest absolute Gasteiger partial charge is 0.457 e. The molecule has 0 spiro atoms. The molecule has 0 aromatic heterocycles. The number of carbonyl (C=O) groups is 3. The quantitative estimate of drug-likeness (QED) is 0.322. The van der Waals surface area contributed by atoms with E-state index in [4.69, 9.17) is 4.74 Å². The molecule has 1 heterocycles. The smallest absolute Gasteiger partial charge is 0.340 e. The highest BCUT2D eigenvalue weighted by molar-refractivity contribution is 14.1. The zero-order valence-electron chi connectivity index (χ0n) is 19.9. The van der Waals surface area contributed by atoms with E-state index in [1.54, 1.807) is 14.1 Å². The fraction of sp³-hybridized carbons (Fsp3) is 0.591.